The number of hydrogen-bond acceptors (Lipinski definition) is 5. The number of fused-ring (bicyclic) bond motifs is 2. The van der Waals surface area contributed by atoms with Crippen molar-refractivity contribution in [2.75, 3.05) is 7.11 Å². The van der Waals surface area contributed by atoms with E-state index in [0.717, 1.165) is 16.6 Å². The van der Waals surface area contributed by atoms with Gasteiger partial charge in [-0.05, 0) is 12.1 Å². The topological polar surface area (TPSA) is 56.7 Å². The quantitative estimate of drug-likeness (QED) is 0.542. The van der Waals surface area contributed by atoms with E-state index in [2.05, 4.69) is 4.98 Å². The van der Waals surface area contributed by atoms with Crippen LogP contribution in [0.4, 0.5) is 0 Å². The zero-order chi connectivity index (χ0) is 14.4. The van der Waals surface area contributed by atoms with E-state index in [0.29, 0.717) is 28.5 Å². The highest BCUT2D eigenvalue weighted by molar-refractivity contribution is 7.15. The molecule has 5 nitrogen and oxygen atoms in total. The van der Waals surface area contributed by atoms with Crippen molar-refractivity contribution in [3.63, 3.8) is 0 Å². The maximum absolute atomic E-state index is 11.4. The molecule has 0 amide bonds. The summed E-state index contributed by atoms with van der Waals surface area (Å²) in [5.74, 6) is 1.22. The van der Waals surface area contributed by atoms with Gasteiger partial charge in [-0.1, -0.05) is 12.1 Å². The van der Waals surface area contributed by atoms with E-state index in [4.69, 9.17) is 9.15 Å². The molecule has 0 N–H and O–H groups in total. The number of methoxy groups -OCH3 is 1. The number of para-hydroxylation sites is 1. The highest BCUT2D eigenvalue weighted by Crippen LogP contribution is 2.34. The Kier molecular flexibility index (Phi) is 2.58. The molecule has 0 spiro atoms. The average molecular weight is 298 g/mol. The van der Waals surface area contributed by atoms with Crippen molar-refractivity contribution in [2.24, 2.45) is 0 Å². The molecule has 0 atom stereocenters. The van der Waals surface area contributed by atoms with Crippen molar-refractivity contribution >= 4 is 33.6 Å². The number of aromatic nitrogens is 2. The van der Waals surface area contributed by atoms with Gasteiger partial charge in [0.1, 0.15) is 11.4 Å². The summed E-state index contributed by atoms with van der Waals surface area (Å²) < 4.78 is 12.9. The van der Waals surface area contributed by atoms with E-state index in [1.807, 2.05) is 35.8 Å². The van der Waals surface area contributed by atoms with Crippen LogP contribution < -0.4 is 4.74 Å². The fourth-order valence-corrected chi connectivity index (χ4v) is 3.13. The first kappa shape index (κ1) is 12.2. The van der Waals surface area contributed by atoms with Crippen LogP contribution in [0.2, 0.25) is 0 Å². The summed E-state index contributed by atoms with van der Waals surface area (Å²) >= 11 is 1.47. The Morgan fingerprint density at radius 2 is 2.33 bits per heavy atom. The summed E-state index contributed by atoms with van der Waals surface area (Å²) in [5, 5.41) is 2.80. The Bertz CT molecular complexity index is 964. The Morgan fingerprint density at radius 3 is 3.14 bits per heavy atom. The van der Waals surface area contributed by atoms with Crippen LogP contribution in [0.3, 0.4) is 0 Å². The molecule has 4 rings (SSSR count). The lowest BCUT2D eigenvalue weighted by molar-refractivity contribution is 0.111. The number of benzene rings is 1. The van der Waals surface area contributed by atoms with Gasteiger partial charge in [0.15, 0.2) is 28.3 Å². The summed E-state index contributed by atoms with van der Waals surface area (Å²) in [6.45, 7) is 0. The van der Waals surface area contributed by atoms with Gasteiger partial charge in [0.2, 0.25) is 0 Å². The van der Waals surface area contributed by atoms with E-state index in [1.54, 1.807) is 11.5 Å². The van der Waals surface area contributed by atoms with Crippen LogP contribution in [0.25, 0.3) is 27.4 Å². The molecule has 3 aromatic heterocycles. The molecule has 0 bridgehead atoms. The van der Waals surface area contributed by atoms with E-state index < -0.39 is 0 Å². The molecule has 0 fully saturated rings. The van der Waals surface area contributed by atoms with Crippen LogP contribution in [0, 0.1) is 0 Å². The van der Waals surface area contributed by atoms with Crippen molar-refractivity contribution < 1.29 is 13.9 Å². The summed E-state index contributed by atoms with van der Waals surface area (Å²) in [6.07, 6.45) is 2.62. The predicted octanol–water partition coefficient (Wildman–Crippen LogP) is 3.63. The van der Waals surface area contributed by atoms with Crippen LogP contribution in [0.1, 0.15) is 10.5 Å². The third-order valence-corrected chi connectivity index (χ3v) is 4.13. The van der Waals surface area contributed by atoms with E-state index in [9.17, 15) is 4.79 Å². The Balaban J connectivity index is 1.99. The number of ether oxygens (including phenoxy) is 1. The highest BCUT2D eigenvalue weighted by atomic mass is 32.1. The summed E-state index contributed by atoms with van der Waals surface area (Å²) in [4.78, 5) is 16.6. The number of furan rings is 1. The smallest absolute Gasteiger partial charge is 0.194 e. The summed E-state index contributed by atoms with van der Waals surface area (Å²) in [7, 11) is 1.60. The van der Waals surface area contributed by atoms with Crippen LogP contribution in [0.15, 0.2) is 40.3 Å². The second-order valence-corrected chi connectivity index (χ2v) is 5.38. The Hall–Kier alpha value is -2.60. The lowest BCUT2D eigenvalue weighted by Crippen LogP contribution is -1.88. The number of thiazole rings is 1. The van der Waals surface area contributed by atoms with Gasteiger partial charge in [-0.2, -0.15) is 0 Å². The standard InChI is InChI=1S/C15H10N2O3S/c1-19-11-4-2-3-9-7-12(20-14(9)11)13-10(8-18)17-5-6-21-15(17)16-13/h2-8H,1H3. The SMILES string of the molecule is COc1cccc2cc(-c3nc4sccn4c3C=O)oc12. The molecule has 0 aliphatic heterocycles. The first-order valence-corrected chi connectivity index (χ1v) is 7.17. The number of rotatable bonds is 3. The van der Waals surface area contributed by atoms with E-state index in [1.165, 1.54) is 11.3 Å². The van der Waals surface area contributed by atoms with Gasteiger partial charge in [-0.15, -0.1) is 11.3 Å². The molecule has 6 heteroatoms. The Labute approximate surface area is 123 Å². The van der Waals surface area contributed by atoms with Crippen LogP contribution in [-0.4, -0.2) is 22.8 Å². The van der Waals surface area contributed by atoms with Gasteiger partial charge < -0.3 is 9.15 Å². The molecule has 0 unspecified atom stereocenters. The van der Waals surface area contributed by atoms with E-state index >= 15 is 0 Å². The molecule has 1 aromatic carbocycles. The molecule has 0 saturated heterocycles. The third kappa shape index (κ3) is 1.69. The molecular formula is C15H10N2O3S. The monoisotopic (exact) mass is 298 g/mol. The van der Waals surface area contributed by atoms with Crippen molar-refractivity contribution in [3.05, 3.63) is 41.5 Å². The average Bonchev–Trinajstić information content (AvgIpc) is 3.18. The lowest BCUT2D eigenvalue weighted by atomic mass is 10.2. The van der Waals surface area contributed by atoms with Crippen LogP contribution in [0.5, 0.6) is 5.75 Å². The minimum absolute atomic E-state index is 0.490. The number of hydrogen-bond donors (Lipinski definition) is 0. The minimum Gasteiger partial charge on any atom is -0.493 e. The van der Waals surface area contributed by atoms with Gasteiger partial charge in [0.05, 0.1) is 7.11 Å². The first-order valence-electron chi connectivity index (χ1n) is 6.29. The molecule has 0 radical (unpaired) electrons. The minimum atomic E-state index is 0.490. The second-order valence-electron chi connectivity index (χ2n) is 4.51. The molecular weight excluding hydrogens is 288 g/mol. The van der Waals surface area contributed by atoms with Crippen molar-refractivity contribution in [1.82, 2.24) is 9.38 Å². The Morgan fingerprint density at radius 1 is 1.43 bits per heavy atom. The van der Waals surface area contributed by atoms with Gasteiger partial charge in [-0.3, -0.25) is 9.20 Å². The second kappa shape index (κ2) is 4.46. The third-order valence-electron chi connectivity index (χ3n) is 3.37. The molecule has 0 aliphatic rings. The fourth-order valence-electron chi connectivity index (χ4n) is 2.41. The number of nitrogens with zero attached hydrogens (tertiary/aromatic N) is 2. The highest BCUT2D eigenvalue weighted by Gasteiger charge is 2.18. The largest absolute Gasteiger partial charge is 0.493 e. The molecule has 0 aliphatic carbocycles. The first-order chi connectivity index (χ1) is 10.3. The molecule has 0 saturated carbocycles. The molecule has 21 heavy (non-hydrogen) atoms. The lowest BCUT2D eigenvalue weighted by Gasteiger charge is -1.98. The fraction of sp³-hybridized carbons (Fsp3) is 0.0667. The zero-order valence-electron chi connectivity index (χ0n) is 11.1. The number of carbonyl (C=O) groups is 1. The van der Waals surface area contributed by atoms with Crippen molar-refractivity contribution in [2.45, 2.75) is 0 Å². The van der Waals surface area contributed by atoms with Crippen molar-refractivity contribution in [1.29, 1.82) is 0 Å². The van der Waals surface area contributed by atoms with Gasteiger partial charge >= 0.3 is 0 Å². The molecule has 104 valence electrons. The molecule has 3 heterocycles. The van der Waals surface area contributed by atoms with Crippen LogP contribution >= 0.6 is 11.3 Å². The number of imidazole rings is 1. The number of aldehydes is 1. The number of carbonyl (C=O) groups excluding carboxylic acids is 1. The van der Waals surface area contributed by atoms with Gasteiger partial charge in [0.25, 0.3) is 0 Å². The summed E-state index contributed by atoms with van der Waals surface area (Å²) in [5.41, 5.74) is 1.70. The predicted molar refractivity (Wildman–Crippen MR) is 80.2 cm³/mol. The van der Waals surface area contributed by atoms with Crippen molar-refractivity contribution in [3.8, 4) is 17.2 Å². The van der Waals surface area contributed by atoms with Crippen LogP contribution in [-0.2, 0) is 0 Å². The normalized spacial score (nSPS) is 11.3. The summed E-state index contributed by atoms with van der Waals surface area (Å²) in [6, 6.07) is 7.54. The van der Waals surface area contributed by atoms with Gasteiger partial charge in [-0.25, -0.2) is 4.98 Å². The molecule has 4 aromatic rings. The zero-order valence-corrected chi connectivity index (χ0v) is 11.9. The maximum atomic E-state index is 11.4. The van der Waals surface area contributed by atoms with Gasteiger partial charge in [0, 0.05) is 17.0 Å². The van der Waals surface area contributed by atoms with E-state index in [-0.39, 0.29) is 0 Å². The maximum Gasteiger partial charge on any atom is 0.194 e.